The van der Waals surface area contributed by atoms with Crippen LogP contribution in [-0.2, 0) is 4.79 Å². The first-order valence-electron chi connectivity index (χ1n) is 7.75. The summed E-state index contributed by atoms with van der Waals surface area (Å²) in [6, 6.07) is 7.31. The zero-order chi connectivity index (χ0) is 18.4. The molecule has 0 bridgehead atoms. The van der Waals surface area contributed by atoms with Gasteiger partial charge in [-0.1, -0.05) is 11.6 Å². The van der Waals surface area contributed by atoms with Crippen LogP contribution < -0.4 is 5.32 Å². The zero-order valence-corrected chi connectivity index (χ0v) is 16.3. The number of aromatic carboxylic acids is 1. The molecule has 0 aliphatic rings. The lowest BCUT2D eigenvalue weighted by Gasteiger charge is -2.11. The van der Waals surface area contributed by atoms with Gasteiger partial charge in [-0.05, 0) is 50.3 Å². The monoisotopic (exact) mass is 398 g/mol. The highest BCUT2D eigenvalue weighted by Crippen LogP contribution is 2.24. The number of carbonyl (C=O) groups is 2. The number of aryl methyl sites for hydroxylation is 1. The second kappa shape index (κ2) is 9.22. The Bertz CT molecular complexity index is 747. The van der Waals surface area contributed by atoms with E-state index in [1.165, 1.54) is 0 Å². The van der Waals surface area contributed by atoms with Crippen molar-refractivity contribution < 1.29 is 14.7 Å². The number of hydrogen-bond donors (Lipinski definition) is 2. The SMILES string of the molecule is Cc1nc(C(C)NC(=O)CCCSc2ccc(Cl)cc2)sc1C(=O)O. The second-order valence-electron chi connectivity index (χ2n) is 5.47. The van der Waals surface area contributed by atoms with E-state index in [1.807, 2.05) is 31.2 Å². The summed E-state index contributed by atoms with van der Waals surface area (Å²) in [5.74, 6) is -0.212. The highest BCUT2D eigenvalue weighted by Gasteiger charge is 2.18. The summed E-state index contributed by atoms with van der Waals surface area (Å²) in [5.41, 5.74) is 0.480. The summed E-state index contributed by atoms with van der Waals surface area (Å²) in [6.45, 7) is 3.47. The van der Waals surface area contributed by atoms with Crippen LogP contribution in [0.5, 0.6) is 0 Å². The van der Waals surface area contributed by atoms with Crippen LogP contribution in [0.4, 0.5) is 0 Å². The summed E-state index contributed by atoms with van der Waals surface area (Å²) >= 11 is 8.63. The number of amides is 1. The lowest BCUT2D eigenvalue weighted by atomic mass is 10.3. The molecule has 1 heterocycles. The molecule has 0 aliphatic carbocycles. The van der Waals surface area contributed by atoms with Crippen molar-refractivity contribution in [3.05, 3.63) is 44.9 Å². The number of thiazole rings is 1. The number of benzene rings is 1. The van der Waals surface area contributed by atoms with Crippen molar-refractivity contribution in [3.8, 4) is 0 Å². The number of nitrogens with one attached hydrogen (secondary N) is 1. The average molecular weight is 399 g/mol. The van der Waals surface area contributed by atoms with E-state index in [9.17, 15) is 9.59 Å². The standard InChI is InChI=1S/C17H19ClN2O3S2/c1-10-15(17(22)23)25-16(20-10)11(2)19-14(21)4-3-9-24-13-7-5-12(18)6-8-13/h5-8,11H,3-4,9H2,1-2H3,(H,19,21)(H,22,23). The van der Waals surface area contributed by atoms with Crippen LogP contribution in [0.3, 0.4) is 0 Å². The van der Waals surface area contributed by atoms with Crippen LogP contribution in [0.25, 0.3) is 0 Å². The molecule has 2 N–H and O–H groups in total. The van der Waals surface area contributed by atoms with Crippen molar-refractivity contribution in [2.45, 2.75) is 37.6 Å². The normalized spacial score (nSPS) is 12.0. The van der Waals surface area contributed by atoms with Gasteiger partial charge >= 0.3 is 5.97 Å². The van der Waals surface area contributed by atoms with Gasteiger partial charge in [-0.25, -0.2) is 9.78 Å². The van der Waals surface area contributed by atoms with Crippen LogP contribution in [0.2, 0.25) is 5.02 Å². The van der Waals surface area contributed by atoms with Crippen molar-refractivity contribution in [1.82, 2.24) is 10.3 Å². The Morgan fingerprint density at radius 3 is 2.64 bits per heavy atom. The number of carboxylic acid groups (broad SMARTS) is 1. The maximum Gasteiger partial charge on any atom is 0.347 e. The van der Waals surface area contributed by atoms with E-state index in [4.69, 9.17) is 16.7 Å². The van der Waals surface area contributed by atoms with Crippen LogP contribution in [0, 0.1) is 6.92 Å². The molecule has 1 aromatic carbocycles. The van der Waals surface area contributed by atoms with E-state index >= 15 is 0 Å². The van der Waals surface area contributed by atoms with Gasteiger partial charge < -0.3 is 10.4 Å². The number of aromatic nitrogens is 1. The van der Waals surface area contributed by atoms with Crippen molar-refractivity contribution in [2.75, 3.05) is 5.75 Å². The molecule has 0 aliphatic heterocycles. The highest BCUT2D eigenvalue weighted by molar-refractivity contribution is 7.99. The quantitative estimate of drug-likeness (QED) is 0.503. The molecule has 0 fully saturated rings. The van der Waals surface area contributed by atoms with E-state index in [-0.39, 0.29) is 16.8 Å². The third-order valence-electron chi connectivity index (χ3n) is 3.39. The molecular weight excluding hydrogens is 380 g/mol. The summed E-state index contributed by atoms with van der Waals surface area (Å²) in [7, 11) is 0. The lowest BCUT2D eigenvalue weighted by Crippen LogP contribution is -2.26. The number of carboxylic acids is 1. The minimum atomic E-state index is -0.987. The molecule has 0 spiro atoms. The fraction of sp³-hybridized carbons (Fsp3) is 0.353. The minimum absolute atomic E-state index is 0.0612. The van der Waals surface area contributed by atoms with Crippen molar-refractivity contribution in [2.24, 2.45) is 0 Å². The van der Waals surface area contributed by atoms with Crippen molar-refractivity contribution >= 4 is 46.6 Å². The highest BCUT2D eigenvalue weighted by atomic mass is 35.5. The predicted octanol–water partition coefficient (Wildman–Crippen LogP) is 4.55. The maximum absolute atomic E-state index is 12.0. The average Bonchev–Trinajstić information content (AvgIpc) is 2.95. The van der Waals surface area contributed by atoms with Crippen LogP contribution in [0.15, 0.2) is 29.2 Å². The van der Waals surface area contributed by atoms with E-state index in [1.54, 1.807) is 18.7 Å². The summed E-state index contributed by atoms with van der Waals surface area (Å²) in [6.07, 6.45) is 1.17. The smallest absolute Gasteiger partial charge is 0.347 e. The molecule has 1 atom stereocenters. The predicted molar refractivity (Wildman–Crippen MR) is 102 cm³/mol. The van der Waals surface area contributed by atoms with Crippen molar-refractivity contribution in [3.63, 3.8) is 0 Å². The van der Waals surface area contributed by atoms with Crippen LogP contribution in [0.1, 0.15) is 46.2 Å². The number of nitrogens with zero attached hydrogens (tertiary/aromatic N) is 1. The first kappa shape index (κ1) is 19.8. The Morgan fingerprint density at radius 1 is 1.36 bits per heavy atom. The van der Waals surface area contributed by atoms with E-state index in [0.29, 0.717) is 22.1 Å². The fourth-order valence-corrected chi connectivity index (χ4v) is 4.02. The molecule has 2 aromatic rings. The molecule has 0 radical (unpaired) electrons. The van der Waals surface area contributed by atoms with Gasteiger partial charge in [-0.3, -0.25) is 4.79 Å². The molecule has 0 saturated heterocycles. The zero-order valence-electron chi connectivity index (χ0n) is 13.9. The molecule has 1 aromatic heterocycles. The molecule has 0 saturated carbocycles. The Hall–Kier alpha value is -1.57. The van der Waals surface area contributed by atoms with Gasteiger partial charge in [0.2, 0.25) is 5.91 Å². The number of carbonyl (C=O) groups excluding carboxylic acids is 1. The first-order chi connectivity index (χ1) is 11.9. The van der Waals surface area contributed by atoms with Gasteiger partial charge in [-0.2, -0.15) is 0 Å². The molecule has 1 amide bonds. The Kier molecular flexibility index (Phi) is 7.28. The maximum atomic E-state index is 12.0. The van der Waals surface area contributed by atoms with Crippen LogP contribution in [-0.4, -0.2) is 27.7 Å². The third-order valence-corrected chi connectivity index (χ3v) is 6.06. The van der Waals surface area contributed by atoms with Crippen LogP contribution >= 0.6 is 34.7 Å². The largest absolute Gasteiger partial charge is 0.477 e. The van der Waals surface area contributed by atoms with Gasteiger partial charge in [0.15, 0.2) is 0 Å². The van der Waals surface area contributed by atoms with Gasteiger partial charge in [0.05, 0.1) is 11.7 Å². The molecule has 8 heteroatoms. The summed E-state index contributed by atoms with van der Waals surface area (Å²) in [5, 5.41) is 13.3. The fourth-order valence-electron chi connectivity index (χ4n) is 2.13. The molecule has 25 heavy (non-hydrogen) atoms. The Labute approximate surface area is 159 Å². The minimum Gasteiger partial charge on any atom is -0.477 e. The van der Waals surface area contributed by atoms with Gasteiger partial charge in [-0.15, -0.1) is 23.1 Å². The topological polar surface area (TPSA) is 79.3 Å². The number of hydrogen-bond acceptors (Lipinski definition) is 5. The molecule has 134 valence electrons. The van der Waals surface area contributed by atoms with E-state index in [0.717, 1.165) is 28.4 Å². The van der Waals surface area contributed by atoms with Gasteiger partial charge in [0.1, 0.15) is 9.88 Å². The van der Waals surface area contributed by atoms with E-state index < -0.39 is 5.97 Å². The Balaban J connectivity index is 1.75. The summed E-state index contributed by atoms with van der Waals surface area (Å²) in [4.78, 5) is 28.7. The number of rotatable bonds is 8. The number of halogens is 1. The first-order valence-corrected chi connectivity index (χ1v) is 9.93. The lowest BCUT2D eigenvalue weighted by molar-refractivity contribution is -0.121. The van der Waals surface area contributed by atoms with Gasteiger partial charge in [0.25, 0.3) is 0 Å². The van der Waals surface area contributed by atoms with E-state index in [2.05, 4.69) is 10.3 Å². The number of thioether (sulfide) groups is 1. The molecular formula is C17H19ClN2O3S2. The molecule has 5 nitrogen and oxygen atoms in total. The molecule has 2 rings (SSSR count). The van der Waals surface area contributed by atoms with Crippen molar-refractivity contribution in [1.29, 1.82) is 0 Å². The summed E-state index contributed by atoms with van der Waals surface area (Å²) < 4.78 is 0. The second-order valence-corrected chi connectivity index (χ2v) is 8.10. The van der Waals surface area contributed by atoms with Gasteiger partial charge in [0, 0.05) is 16.3 Å². The molecule has 1 unspecified atom stereocenters. The third kappa shape index (κ3) is 6.02. The Morgan fingerprint density at radius 2 is 2.04 bits per heavy atom.